The maximum absolute atomic E-state index is 4.02. The summed E-state index contributed by atoms with van der Waals surface area (Å²) < 4.78 is 1.87. The number of nitrogens with one attached hydrogen (secondary N) is 1. The molecular formula is C6H12N4. The van der Waals surface area contributed by atoms with E-state index >= 15 is 0 Å². The van der Waals surface area contributed by atoms with Crippen LogP contribution in [0.25, 0.3) is 0 Å². The first-order chi connectivity index (χ1) is 4.84. The topological polar surface area (TPSA) is 42.7 Å². The molecule has 0 amide bonds. The SMILES string of the molecule is CNCCn1ncnc1C. The van der Waals surface area contributed by atoms with Gasteiger partial charge in [0.1, 0.15) is 12.2 Å². The first-order valence-corrected chi connectivity index (χ1v) is 3.33. The van der Waals surface area contributed by atoms with Crippen LogP contribution in [-0.4, -0.2) is 28.4 Å². The summed E-state index contributed by atoms with van der Waals surface area (Å²) in [5.41, 5.74) is 0. The van der Waals surface area contributed by atoms with Gasteiger partial charge in [0.05, 0.1) is 6.54 Å². The van der Waals surface area contributed by atoms with Crippen molar-refractivity contribution in [1.82, 2.24) is 20.1 Å². The van der Waals surface area contributed by atoms with E-state index in [9.17, 15) is 0 Å². The fourth-order valence-corrected chi connectivity index (χ4v) is 0.759. The number of aromatic nitrogens is 3. The first kappa shape index (κ1) is 7.21. The molecule has 1 heterocycles. The van der Waals surface area contributed by atoms with Gasteiger partial charge in [0.15, 0.2) is 0 Å². The fraction of sp³-hybridized carbons (Fsp3) is 0.667. The summed E-state index contributed by atoms with van der Waals surface area (Å²) in [7, 11) is 1.92. The molecule has 0 atom stereocenters. The third kappa shape index (κ3) is 1.54. The van der Waals surface area contributed by atoms with E-state index in [-0.39, 0.29) is 0 Å². The molecule has 1 aromatic rings. The minimum absolute atomic E-state index is 0.891. The zero-order valence-electron chi connectivity index (χ0n) is 6.33. The van der Waals surface area contributed by atoms with Crippen molar-refractivity contribution in [2.45, 2.75) is 13.5 Å². The van der Waals surface area contributed by atoms with E-state index < -0.39 is 0 Å². The van der Waals surface area contributed by atoms with Crippen molar-refractivity contribution in [3.63, 3.8) is 0 Å². The lowest BCUT2D eigenvalue weighted by Gasteiger charge is -2.00. The maximum Gasteiger partial charge on any atom is 0.138 e. The molecule has 4 heteroatoms. The second-order valence-corrected chi connectivity index (χ2v) is 2.13. The third-order valence-corrected chi connectivity index (χ3v) is 1.38. The van der Waals surface area contributed by atoms with Crippen LogP contribution in [0.3, 0.4) is 0 Å². The smallest absolute Gasteiger partial charge is 0.138 e. The van der Waals surface area contributed by atoms with E-state index in [4.69, 9.17) is 0 Å². The van der Waals surface area contributed by atoms with Crippen LogP contribution in [-0.2, 0) is 6.54 Å². The Kier molecular flexibility index (Phi) is 2.39. The Morgan fingerprint density at radius 1 is 1.70 bits per heavy atom. The number of rotatable bonds is 3. The number of hydrogen-bond acceptors (Lipinski definition) is 3. The van der Waals surface area contributed by atoms with Gasteiger partial charge < -0.3 is 5.32 Å². The lowest BCUT2D eigenvalue weighted by molar-refractivity contribution is 0.569. The molecule has 1 N–H and O–H groups in total. The Morgan fingerprint density at radius 2 is 2.50 bits per heavy atom. The van der Waals surface area contributed by atoms with Gasteiger partial charge in [-0.25, -0.2) is 9.67 Å². The third-order valence-electron chi connectivity index (χ3n) is 1.38. The van der Waals surface area contributed by atoms with Crippen LogP contribution in [0, 0.1) is 6.92 Å². The molecule has 0 aliphatic rings. The summed E-state index contributed by atoms with van der Waals surface area (Å²) in [4.78, 5) is 3.99. The Bertz CT molecular complexity index is 193. The van der Waals surface area contributed by atoms with Gasteiger partial charge in [-0.15, -0.1) is 0 Å². The van der Waals surface area contributed by atoms with Gasteiger partial charge >= 0.3 is 0 Å². The molecule has 0 bridgehead atoms. The average molecular weight is 140 g/mol. The lowest BCUT2D eigenvalue weighted by atomic mass is 10.6. The average Bonchev–Trinajstić information content (AvgIpc) is 2.31. The van der Waals surface area contributed by atoms with Crippen molar-refractivity contribution in [1.29, 1.82) is 0 Å². The minimum atomic E-state index is 0.891. The molecule has 0 unspecified atom stereocenters. The van der Waals surface area contributed by atoms with Gasteiger partial charge in [0.25, 0.3) is 0 Å². The van der Waals surface area contributed by atoms with E-state index in [2.05, 4.69) is 15.4 Å². The van der Waals surface area contributed by atoms with Crippen LogP contribution in [0.15, 0.2) is 6.33 Å². The largest absolute Gasteiger partial charge is 0.318 e. The summed E-state index contributed by atoms with van der Waals surface area (Å²) in [6.07, 6.45) is 1.57. The Hall–Kier alpha value is -0.900. The molecule has 0 aromatic carbocycles. The Labute approximate surface area is 60.3 Å². The second-order valence-electron chi connectivity index (χ2n) is 2.13. The quantitative estimate of drug-likeness (QED) is 0.632. The second kappa shape index (κ2) is 3.31. The first-order valence-electron chi connectivity index (χ1n) is 3.33. The van der Waals surface area contributed by atoms with Crippen molar-refractivity contribution in [2.75, 3.05) is 13.6 Å². The minimum Gasteiger partial charge on any atom is -0.318 e. The monoisotopic (exact) mass is 140 g/mol. The zero-order valence-corrected chi connectivity index (χ0v) is 6.33. The summed E-state index contributed by atoms with van der Waals surface area (Å²) in [6.45, 7) is 3.77. The van der Waals surface area contributed by atoms with Crippen molar-refractivity contribution in [3.8, 4) is 0 Å². The maximum atomic E-state index is 4.02. The molecule has 0 radical (unpaired) electrons. The highest BCUT2D eigenvalue weighted by molar-refractivity contribution is 4.77. The van der Waals surface area contributed by atoms with Crippen LogP contribution in [0.2, 0.25) is 0 Å². The van der Waals surface area contributed by atoms with Gasteiger partial charge in [-0.3, -0.25) is 0 Å². The molecule has 0 aliphatic carbocycles. The van der Waals surface area contributed by atoms with Crippen molar-refractivity contribution in [2.24, 2.45) is 0 Å². The summed E-state index contributed by atoms with van der Waals surface area (Å²) in [6, 6.07) is 0. The summed E-state index contributed by atoms with van der Waals surface area (Å²) >= 11 is 0. The van der Waals surface area contributed by atoms with Crippen LogP contribution in [0.4, 0.5) is 0 Å². The van der Waals surface area contributed by atoms with Gasteiger partial charge in [0.2, 0.25) is 0 Å². The van der Waals surface area contributed by atoms with Gasteiger partial charge in [-0.2, -0.15) is 5.10 Å². The van der Waals surface area contributed by atoms with E-state index in [1.165, 1.54) is 0 Å². The van der Waals surface area contributed by atoms with Crippen molar-refractivity contribution < 1.29 is 0 Å². The number of likely N-dealkylation sites (N-methyl/N-ethyl adjacent to an activating group) is 1. The summed E-state index contributed by atoms with van der Waals surface area (Å²) in [5.74, 6) is 0.968. The molecular weight excluding hydrogens is 128 g/mol. The van der Waals surface area contributed by atoms with Gasteiger partial charge in [0, 0.05) is 6.54 Å². The molecule has 0 fully saturated rings. The molecule has 1 aromatic heterocycles. The molecule has 0 saturated carbocycles. The van der Waals surface area contributed by atoms with Crippen LogP contribution in [0.5, 0.6) is 0 Å². The van der Waals surface area contributed by atoms with Crippen LogP contribution >= 0.6 is 0 Å². The van der Waals surface area contributed by atoms with Gasteiger partial charge in [-0.1, -0.05) is 0 Å². The molecule has 4 nitrogen and oxygen atoms in total. The van der Waals surface area contributed by atoms with E-state index in [1.54, 1.807) is 6.33 Å². The predicted octanol–water partition coefficient (Wildman–Crippen LogP) is -0.194. The number of aryl methyl sites for hydroxylation is 1. The van der Waals surface area contributed by atoms with E-state index in [0.29, 0.717) is 0 Å². The van der Waals surface area contributed by atoms with Crippen molar-refractivity contribution in [3.05, 3.63) is 12.2 Å². The molecule has 0 saturated heterocycles. The van der Waals surface area contributed by atoms with Crippen LogP contribution in [0.1, 0.15) is 5.82 Å². The predicted molar refractivity (Wildman–Crippen MR) is 38.7 cm³/mol. The normalized spacial score (nSPS) is 10.2. The number of hydrogen-bond donors (Lipinski definition) is 1. The molecule has 1 rings (SSSR count). The van der Waals surface area contributed by atoms with E-state index in [0.717, 1.165) is 18.9 Å². The summed E-state index contributed by atoms with van der Waals surface area (Å²) in [5, 5.41) is 7.06. The number of nitrogens with zero attached hydrogens (tertiary/aromatic N) is 3. The lowest BCUT2D eigenvalue weighted by Crippen LogP contribution is -2.16. The highest BCUT2D eigenvalue weighted by atomic mass is 15.3. The Balaban J connectivity index is 2.49. The highest BCUT2D eigenvalue weighted by Crippen LogP contribution is 1.87. The molecule has 10 heavy (non-hydrogen) atoms. The molecule has 0 aliphatic heterocycles. The van der Waals surface area contributed by atoms with Crippen molar-refractivity contribution >= 4 is 0 Å². The molecule has 0 spiro atoms. The zero-order chi connectivity index (χ0) is 7.40. The highest BCUT2D eigenvalue weighted by Gasteiger charge is 1.94. The van der Waals surface area contributed by atoms with E-state index in [1.807, 2.05) is 18.7 Å². The van der Waals surface area contributed by atoms with Gasteiger partial charge in [-0.05, 0) is 14.0 Å². The molecule has 56 valence electrons. The van der Waals surface area contributed by atoms with Crippen LogP contribution < -0.4 is 5.32 Å². The Morgan fingerprint density at radius 3 is 3.00 bits per heavy atom. The standard InChI is InChI=1S/C6H12N4/c1-6-8-5-9-10(6)4-3-7-2/h5,7H,3-4H2,1-2H3. The fourth-order valence-electron chi connectivity index (χ4n) is 0.759.